The Hall–Kier alpha value is -0.923. The first-order chi connectivity index (χ1) is 16.5. The summed E-state index contributed by atoms with van der Waals surface area (Å²) in [5.41, 5.74) is 0.0192. The Bertz CT molecular complexity index is 1150. The van der Waals surface area contributed by atoms with Crippen LogP contribution < -0.4 is 5.32 Å². The molecule has 1 aliphatic carbocycles. The molecule has 0 bridgehead atoms. The van der Waals surface area contributed by atoms with Gasteiger partial charge in [-0.3, -0.25) is 9.13 Å². The number of hydrogen-bond acceptors (Lipinski definition) is 8. The van der Waals surface area contributed by atoms with Gasteiger partial charge in [-0.25, -0.2) is 9.67 Å². The van der Waals surface area contributed by atoms with Gasteiger partial charge in [-0.1, -0.05) is 24.4 Å². The first-order valence-electron chi connectivity index (χ1n) is 10.9. The summed E-state index contributed by atoms with van der Waals surface area (Å²) in [6.07, 6.45) is 3.56. The molecule has 2 aromatic rings. The van der Waals surface area contributed by atoms with Crippen molar-refractivity contribution in [2.45, 2.75) is 49.6 Å². The number of aromatic nitrogens is 3. The molecule has 2 aliphatic rings. The fourth-order valence-corrected chi connectivity index (χ4v) is 7.99. The number of rotatable bonds is 9. The van der Waals surface area contributed by atoms with Crippen molar-refractivity contribution in [3.05, 3.63) is 17.4 Å². The SMILES string of the molecule is O=P(O)(O)CP(=O)(O)OC[C@H]1CO[C@@H](n2ncc3c(NC4CCCC4)cc(Cl)nc32)C([Si]F)[C@@H]1O. The lowest BCUT2D eigenvalue weighted by Gasteiger charge is -2.38. The molecule has 2 aromatic heterocycles. The molecule has 1 aliphatic heterocycles. The van der Waals surface area contributed by atoms with Gasteiger partial charge < -0.3 is 38.5 Å². The maximum absolute atomic E-state index is 14.1. The van der Waals surface area contributed by atoms with Crippen LogP contribution >= 0.6 is 26.8 Å². The van der Waals surface area contributed by atoms with Crippen molar-refractivity contribution in [1.82, 2.24) is 14.8 Å². The van der Waals surface area contributed by atoms with Crippen molar-refractivity contribution in [1.29, 1.82) is 0 Å². The molecule has 2 unspecified atom stereocenters. The fourth-order valence-electron chi connectivity index (χ4n) is 4.44. The molecule has 2 radical (unpaired) electrons. The molecule has 1 saturated carbocycles. The summed E-state index contributed by atoms with van der Waals surface area (Å²) >= 11 is 6.25. The Kier molecular flexibility index (Phi) is 8.39. The van der Waals surface area contributed by atoms with Gasteiger partial charge in [0.25, 0.3) is 0 Å². The Morgan fingerprint density at radius 1 is 1.31 bits per heavy atom. The zero-order valence-electron chi connectivity index (χ0n) is 18.4. The molecule has 0 amide bonds. The standard InChI is InChI=1S/C18H26ClFN4O8P2Si/c19-14-5-13(22-11-3-1-2-4-11)12-6-21-24(17(12)23-14)18-16(35-20)15(25)10(7-31-18)8-32-34(29,30)9-33(26,27)28/h5-6,10-11,15-16,18,25H,1-4,7-9H2,(H,22,23)(H,29,30)(H2,26,27,28)/t10-,15-,16?,18-/m1/s1. The lowest BCUT2D eigenvalue weighted by Crippen LogP contribution is -2.44. The largest absolute Gasteiger partial charge is 0.392 e. The van der Waals surface area contributed by atoms with Gasteiger partial charge >= 0.3 is 25.0 Å². The van der Waals surface area contributed by atoms with Crippen LogP contribution in [0.1, 0.15) is 31.9 Å². The van der Waals surface area contributed by atoms with E-state index in [1.165, 1.54) is 4.68 Å². The quantitative estimate of drug-likeness (QED) is 0.130. The van der Waals surface area contributed by atoms with Gasteiger partial charge in [-0.05, 0) is 18.9 Å². The second kappa shape index (κ2) is 10.8. The minimum Gasteiger partial charge on any atom is -0.392 e. The predicted octanol–water partition coefficient (Wildman–Crippen LogP) is 2.66. The van der Waals surface area contributed by atoms with Crippen LogP contribution in [0.3, 0.4) is 0 Å². The van der Waals surface area contributed by atoms with Gasteiger partial charge in [0.2, 0.25) is 0 Å². The molecule has 3 heterocycles. The first kappa shape index (κ1) is 27.1. The van der Waals surface area contributed by atoms with Crippen LogP contribution in [0.4, 0.5) is 9.80 Å². The number of pyridine rings is 1. The molecule has 17 heteroatoms. The van der Waals surface area contributed by atoms with Gasteiger partial charge in [0.15, 0.2) is 17.8 Å². The Labute approximate surface area is 207 Å². The highest BCUT2D eigenvalue weighted by Gasteiger charge is 2.44. The molecule has 35 heavy (non-hydrogen) atoms. The normalized spacial score (nSPS) is 27.8. The number of halogens is 2. The summed E-state index contributed by atoms with van der Waals surface area (Å²) in [7, 11) is -10.7. The molecule has 2 fully saturated rings. The maximum atomic E-state index is 14.1. The lowest BCUT2D eigenvalue weighted by molar-refractivity contribution is -0.126. The molecule has 5 atom stereocenters. The molecule has 12 nitrogen and oxygen atoms in total. The smallest absolute Gasteiger partial charge is 0.340 e. The van der Waals surface area contributed by atoms with Crippen molar-refractivity contribution in [2.75, 3.05) is 24.4 Å². The number of anilines is 1. The van der Waals surface area contributed by atoms with E-state index in [0.29, 0.717) is 17.1 Å². The van der Waals surface area contributed by atoms with E-state index >= 15 is 0 Å². The number of aliphatic hydroxyl groups is 1. The molecular formula is C18H26ClFN4O8P2Si. The molecule has 5 N–H and O–H groups in total. The van der Waals surface area contributed by atoms with Crippen LogP contribution in [0, 0.1) is 5.92 Å². The zero-order chi connectivity index (χ0) is 25.4. The number of ether oxygens (including phenoxy) is 1. The average Bonchev–Trinajstić information content (AvgIpc) is 3.41. The van der Waals surface area contributed by atoms with E-state index in [2.05, 4.69) is 15.4 Å². The number of hydrogen-bond donors (Lipinski definition) is 5. The van der Waals surface area contributed by atoms with E-state index in [1.807, 2.05) is 0 Å². The summed E-state index contributed by atoms with van der Waals surface area (Å²) in [6.45, 7) is -0.736. The van der Waals surface area contributed by atoms with Gasteiger partial charge in [0.05, 0.1) is 42.1 Å². The van der Waals surface area contributed by atoms with E-state index in [4.69, 9.17) is 30.6 Å². The van der Waals surface area contributed by atoms with Gasteiger partial charge in [0, 0.05) is 12.0 Å². The summed E-state index contributed by atoms with van der Waals surface area (Å²) < 4.78 is 49.0. The predicted molar refractivity (Wildman–Crippen MR) is 126 cm³/mol. The monoisotopic (exact) mass is 570 g/mol. The van der Waals surface area contributed by atoms with Crippen LogP contribution in [-0.2, 0) is 18.4 Å². The fraction of sp³-hybridized carbons (Fsp3) is 0.667. The summed E-state index contributed by atoms with van der Waals surface area (Å²) in [5, 5.41) is 19.5. The van der Waals surface area contributed by atoms with Crippen molar-refractivity contribution in [3.63, 3.8) is 0 Å². The second-order valence-electron chi connectivity index (χ2n) is 8.79. The van der Waals surface area contributed by atoms with Crippen LogP contribution in [0.5, 0.6) is 0 Å². The van der Waals surface area contributed by atoms with E-state index in [9.17, 15) is 23.2 Å². The topological polar surface area (TPSA) is 176 Å². The number of nitrogens with one attached hydrogen (secondary N) is 1. The first-order valence-corrected chi connectivity index (χ1v) is 15.8. The lowest BCUT2D eigenvalue weighted by atomic mass is 9.97. The van der Waals surface area contributed by atoms with Crippen molar-refractivity contribution in [3.8, 4) is 0 Å². The molecule has 0 spiro atoms. The summed E-state index contributed by atoms with van der Waals surface area (Å²) in [6, 6.07) is 2.01. The number of aliphatic hydroxyl groups excluding tert-OH is 1. The highest BCUT2D eigenvalue weighted by Crippen LogP contribution is 2.55. The molecule has 0 aromatic carbocycles. The summed E-state index contributed by atoms with van der Waals surface area (Å²) in [4.78, 5) is 31.8. The highest BCUT2D eigenvalue weighted by molar-refractivity contribution is 7.70. The minimum absolute atomic E-state index is 0.183. The van der Waals surface area contributed by atoms with Crippen molar-refractivity contribution in [2.24, 2.45) is 5.92 Å². The van der Waals surface area contributed by atoms with Crippen LogP contribution in [0.25, 0.3) is 11.0 Å². The molecular weight excluding hydrogens is 545 g/mol. The molecule has 194 valence electrons. The van der Waals surface area contributed by atoms with Crippen molar-refractivity contribution >= 4 is 53.4 Å². The third-order valence-electron chi connectivity index (χ3n) is 6.11. The van der Waals surface area contributed by atoms with Gasteiger partial charge in [0.1, 0.15) is 5.15 Å². The van der Waals surface area contributed by atoms with Gasteiger partial charge in [-0.2, -0.15) is 5.10 Å². The van der Waals surface area contributed by atoms with E-state index < -0.39 is 61.3 Å². The number of fused-ring (bicyclic) bond motifs is 1. The summed E-state index contributed by atoms with van der Waals surface area (Å²) in [5.74, 6) is -2.27. The second-order valence-corrected chi connectivity index (χ2v) is 14.1. The average molecular weight is 571 g/mol. The zero-order valence-corrected chi connectivity index (χ0v) is 21.9. The highest BCUT2D eigenvalue weighted by atomic mass is 35.5. The Morgan fingerprint density at radius 3 is 2.69 bits per heavy atom. The van der Waals surface area contributed by atoms with Crippen LogP contribution in [-0.4, -0.2) is 75.7 Å². The van der Waals surface area contributed by atoms with E-state index in [1.54, 1.807) is 12.3 Å². The van der Waals surface area contributed by atoms with Crippen molar-refractivity contribution < 1.29 is 42.3 Å². The van der Waals surface area contributed by atoms with Gasteiger partial charge in [-0.15, -0.1) is 0 Å². The third-order valence-corrected chi connectivity index (χ3v) is 10.6. The van der Waals surface area contributed by atoms with Crippen LogP contribution in [0.15, 0.2) is 12.3 Å². The number of nitrogens with zero attached hydrogens (tertiary/aromatic N) is 3. The Balaban J connectivity index is 1.52. The molecule has 1 saturated heterocycles. The van der Waals surface area contributed by atoms with E-state index in [0.717, 1.165) is 31.4 Å². The maximum Gasteiger partial charge on any atom is 0.340 e. The van der Waals surface area contributed by atoms with E-state index in [-0.39, 0.29) is 11.8 Å². The third kappa shape index (κ3) is 6.51. The Morgan fingerprint density at radius 2 is 2.03 bits per heavy atom. The van der Waals surface area contributed by atoms with Crippen LogP contribution in [0.2, 0.25) is 10.7 Å². The minimum atomic E-state index is -4.80. The molecule has 4 rings (SSSR count).